The molecule has 4 nitrogen and oxygen atoms in total. The van der Waals surface area contributed by atoms with Crippen molar-refractivity contribution in [3.05, 3.63) is 28.2 Å². The third-order valence-electron chi connectivity index (χ3n) is 1.49. The van der Waals surface area contributed by atoms with Gasteiger partial charge in [-0.1, -0.05) is 21.9 Å². The molecule has 0 aromatic heterocycles. The molecule has 0 amide bonds. The van der Waals surface area contributed by atoms with Crippen LogP contribution in [0.3, 0.4) is 0 Å². The van der Waals surface area contributed by atoms with Crippen LogP contribution in [-0.2, 0) is 4.84 Å². The second-order valence-electron chi connectivity index (χ2n) is 2.63. The average Bonchev–Trinajstić information content (AvgIpc) is 2.17. The fraction of sp³-hybridized carbons (Fsp3) is 0.100. The second-order valence-corrected chi connectivity index (χ2v) is 3.54. The second kappa shape index (κ2) is 5.39. The van der Waals surface area contributed by atoms with Crippen molar-refractivity contribution in [3.8, 4) is 12.3 Å². The Kier molecular flexibility index (Phi) is 4.16. The maximum Gasteiger partial charge on any atom is 0.335 e. The van der Waals surface area contributed by atoms with Gasteiger partial charge in [0.05, 0.1) is 11.3 Å². The van der Waals surface area contributed by atoms with Gasteiger partial charge < -0.3 is 5.11 Å². The minimum absolute atomic E-state index is 0.106. The summed E-state index contributed by atoms with van der Waals surface area (Å²) < 4.78 is 0.647. The van der Waals surface area contributed by atoms with Crippen molar-refractivity contribution in [1.29, 1.82) is 0 Å². The normalized spacial score (nSPS) is 9.33. The van der Waals surface area contributed by atoms with Crippen LogP contribution < -0.4 is 5.48 Å². The lowest BCUT2D eigenvalue weighted by Gasteiger charge is -2.06. The topological polar surface area (TPSA) is 58.6 Å². The fourth-order valence-electron chi connectivity index (χ4n) is 0.933. The first-order chi connectivity index (χ1) is 7.13. The Hall–Kier alpha value is -1.51. The van der Waals surface area contributed by atoms with E-state index in [2.05, 4.69) is 27.3 Å². The summed E-state index contributed by atoms with van der Waals surface area (Å²) in [6, 6.07) is 4.63. The lowest BCUT2D eigenvalue weighted by atomic mass is 10.2. The summed E-state index contributed by atoms with van der Waals surface area (Å²) in [5.41, 5.74) is 3.23. The van der Waals surface area contributed by atoms with Gasteiger partial charge in [-0.3, -0.25) is 10.3 Å². The van der Waals surface area contributed by atoms with E-state index in [4.69, 9.17) is 16.4 Å². The molecule has 0 aliphatic heterocycles. The summed E-state index contributed by atoms with van der Waals surface area (Å²) in [5.74, 6) is 1.27. The van der Waals surface area contributed by atoms with Crippen molar-refractivity contribution >= 4 is 27.6 Å². The number of carboxylic acid groups (broad SMARTS) is 1. The number of aromatic carboxylic acids is 1. The molecule has 5 heteroatoms. The highest BCUT2D eigenvalue weighted by molar-refractivity contribution is 9.10. The Morgan fingerprint density at radius 2 is 2.33 bits per heavy atom. The highest BCUT2D eigenvalue weighted by Gasteiger charge is 2.05. The van der Waals surface area contributed by atoms with Crippen LogP contribution in [0.2, 0.25) is 0 Å². The average molecular weight is 270 g/mol. The number of anilines is 1. The van der Waals surface area contributed by atoms with Gasteiger partial charge in [-0.25, -0.2) is 4.79 Å². The van der Waals surface area contributed by atoms with E-state index in [1.54, 1.807) is 6.07 Å². The SMILES string of the molecule is C#CCONc1cc(Br)cc(C(=O)O)c1. The van der Waals surface area contributed by atoms with Gasteiger partial charge in [0.15, 0.2) is 0 Å². The first kappa shape index (κ1) is 11.6. The Morgan fingerprint density at radius 3 is 2.93 bits per heavy atom. The monoisotopic (exact) mass is 269 g/mol. The van der Waals surface area contributed by atoms with Crippen molar-refractivity contribution in [1.82, 2.24) is 0 Å². The number of halogens is 1. The molecule has 1 aromatic rings. The number of nitrogens with one attached hydrogen (secondary N) is 1. The summed E-state index contributed by atoms with van der Waals surface area (Å²) >= 11 is 3.19. The summed E-state index contributed by atoms with van der Waals surface area (Å²) in [7, 11) is 0. The molecule has 0 bridgehead atoms. The third kappa shape index (κ3) is 3.62. The summed E-state index contributed by atoms with van der Waals surface area (Å²) in [4.78, 5) is 15.6. The predicted molar refractivity (Wildman–Crippen MR) is 59.5 cm³/mol. The standard InChI is InChI=1S/C10H8BrNO3/c1-2-3-15-12-9-5-7(10(13)14)4-8(11)6-9/h1,4-6,12H,3H2,(H,13,14). The minimum Gasteiger partial charge on any atom is -0.478 e. The minimum atomic E-state index is -1.00. The molecule has 0 unspecified atom stereocenters. The molecular formula is C10H8BrNO3. The third-order valence-corrected chi connectivity index (χ3v) is 1.95. The van der Waals surface area contributed by atoms with Gasteiger partial charge in [0.25, 0.3) is 0 Å². The molecule has 78 valence electrons. The van der Waals surface area contributed by atoms with E-state index in [1.165, 1.54) is 12.1 Å². The number of carboxylic acids is 1. The molecule has 0 fully saturated rings. The van der Waals surface area contributed by atoms with Crippen LogP contribution in [-0.4, -0.2) is 17.7 Å². The van der Waals surface area contributed by atoms with Gasteiger partial charge in [-0.15, -0.1) is 6.42 Å². The van der Waals surface area contributed by atoms with Crippen LogP contribution in [0.25, 0.3) is 0 Å². The van der Waals surface area contributed by atoms with E-state index in [0.29, 0.717) is 10.2 Å². The first-order valence-electron chi connectivity index (χ1n) is 3.98. The molecule has 0 radical (unpaired) electrons. The van der Waals surface area contributed by atoms with E-state index in [9.17, 15) is 4.79 Å². The molecule has 2 N–H and O–H groups in total. The first-order valence-corrected chi connectivity index (χ1v) is 4.78. The van der Waals surface area contributed by atoms with Crippen molar-refractivity contribution in [2.45, 2.75) is 0 Å². The largest absolute Gasteiger partial charge is 0.478 e. The van der Waals surface area contributed by atoms with Crippen LogP contribution in [0.4, 0.5) is 5.69 Å². The van der Waals surface area contributed by atoms with Crippen molar-refractivity contribution in [2.75, 3.05) is 12.1 Å². The molecule has 0 saturated carbocycles. The maximum absolute atomic E-state index is 10.7. The summed E-state index contributed by atoms with van der Waals surface area (Å²) in [6.45, 7) is 0.106. The zero-order chi connectivity index (χ0) is 11.3. The van der Waals surface area contributed by atoms with Gasteiger partial charge in [-0.2, -0.15) is 0 Å². The highest BCUT2D eigenvalue weighted by atomic mass is 79.9. The highest BCUT2D eigenvalue weighted by Crippen LogP contribution is 2.19. The molecule has 15 heavy (non-hydrogen) atoms. The van der Waals surface area contributed by atoms with Gasteiger partial charge in [0, 0.05) is 4.47 Å². The van der Waals surface area contributed by atoms with Gasteiger partial charge in [-0.05, 0) is 18.2 Å². The molecule has 1 aromatic carbocycles. The molecular weight excluding hydrogens is 262 g/mol. The van der Waals surface area contributed by atoms with Crippen molar-refractivity contribution in [2.24, 2.45) is 0 Å². The van der Waals surface area contributed by atoms with E-state index >= 15 is 0 Å². The summed E-state index contributed by atoms with van der Waals surface area (Å²) in [5, 5.41) is 8.78. The Morgan fingerprint density at radius 1 is 1.60 bits per heavy atom. The van der Waals surface area contributed by atoms with E-state index in [-0.39, 0.29) is 12.2 Å². The van der Waals surface area contributed by atoms with E-state index < -0.39 is 5.97 Å². The van der Waals surface area contributed by atoms with Crippen LogP contribution in [0.15, 0.2) is 22.7 Å². The number of carbonyl (C=O) groups is 1. The van der Waals surface area contributed by atoms with Gasteiger partial charge in [0.1, 0.15) is 6.61 Å². The lowest BCUT2D eigenvalue weighted by molar-refractivity contribution is 0.0697. The van der Waals surface area contributed by atoms with Gasteiger partial charge >= 0.3 is 5.97 Å². The number of benzene rings is 1. The zero-order valence-electron chi connectivity index (χ0n) is 7.66. The molecule has 0 spiro atoms. The molecule has 1 rings (SSSR count). The number of terminal acetylenes is 1. The van der Waals surface area contributed by atoms with E-state index in [0.717, 1.165) is 0 Å². The molecule has 0 atom stereocenters. The zero-order valence-corrected chi connectivity index (χ0v) is 9.24. The Bertz CT molecular complexity index is 412. The number of hydrogen-bond donors (Lipinski definition) is 2. The van der Waals surface area contributed by atoms with E-state index in [1.807, 2.05) is 0 Å². The van der Waals surface area contributed by atoms with Crippen LogP contribution in [0.5, 0.6) is 0 Å². The van der Waals surface area contributed by atoms with Crippen LogP contribution >= 0.6 is 15.9 Å². The van der Waals surface area contributed by atoms with Gasteiger partial charge in [0.2, 0.25) is 0 Å². The molecule has 0 aliphatic rings. The summed E-state index contributed by atoms with van der Waals surface area (Å²) in [6.07, 6.45) is 4.98. The Labute approximate surface area is 95.3 Å². The molecule has 0 heterocycles. The smallest absolute Gasteiger partial charge is 0.335 e. The quantitative estimate of drug-likeness (QED) is 0.500. The molecule has 0 saturated heterocycles. The van der Waals surface area contributed by atoms with Crippen LogP contribution in [0.1, 0.15) is 10.4 Å². The van der Waals surface area contributed by atoms with Crippen molar-refractivity contribution < 1.29 is 14.7 Å². The maximum atomic E-state index is 10.7. The lowest BCUT2D eigenvalue weighted by Crippen LogP contribution is -2.03. The number of hydrogen-bond acceptors (Lipinski definition) is 3. The molecule has 0 aliphatic carbocycles. The predicted octanol–water partition coefficient (Wildman–Crippen LogP) is 2.12. The Balaban J connectivity index is 2.80. The van der Waals surface area contributed by atoms with Crippen LogP contribution in [0, 0.1) is 12.3 Å². The van der Waals surface area contributed by atoms with Crippen molar-refractivity contribution in [3.63, 3.8) is 0 Å². The number of rotatable bonds is 4. The fourth-order valence-corrected chi connectivity index (χ4v) is 1.43.